The van der Waals surface area contributed by atoms with Gasteiger partial charge in [-0.05, 0) is 37.6 Å². The highest BCUT2D eigenvalue weighted by Gasteiger charge is 2.25. The van der Waals surface area contributed by atoms with Gasteiger partial charge in [-0.2, -0.15) is 0 Å². The fraction of sp³-hybridized carbons (Fsp3) is 1.00. The highest BCUT2D eigenvalue weighted by molar-refractivity contribution is 4.81. The van der Waals surface area contributed by atoms with E-state index in [0.717, 1.165) is 18.9 Å². The third-order valence-corrected chi connectivity index (χ3v) is 3.83. The Kier molecular flexibility index (Phi) is 7.75. The molecular formula is C14H27F2NO. The van der Waals surface area contributed by atoms with Crippen molar-refractivity contribution < 1.29 is 13.5 Å². The molecule has 0 saturated heterocycles. The first-order valence-electron chi connectivity index (χ1n) is 7.22. The van der Waals surface area contributed by atoms with Gasteiger partial charge in [0, 0.05) is 12.6 Å². The molecule has 0 aromatic rings. The van der Waals surface area contributed by atoms with Crippen molar-refractivity contribution in [1.82, 2.24) is 5.32 Å². The first-order chi connectivity index (χ1) is 8.63. The van der Waals surface area contributed by atoms with Crippen molar-refractivity contribution >= 4 is 0 Å². The van der Waals surface area contributed by atoms with Crippen molar-refractivity contribution in [3.8, 4) is 0 Å². The summed E-state index contributed by atoms with van der Waals surface area (Å²) < 4.78 is 28.9. The molecule has 0 amide bonds. The molecule has 4 heteroatoms. The van der Waals surface area contributed by atoms with Crippen LogP contribution in [0, 0.1) is 11.8 Å². The minimum atomic E-state index is -2.35. The van der Waals surface area contributed by atoms with Gasteiger partial charge in [0.05, 0.1) is 0 Å². The van der Waals surface area contributed by atoms with Crippen LogP contribution < -0.4 is 5.32 Å². The number of nitrogens with one attached hydrogen (secondary N) is 1. The van der Waals surface area contributed by atoms with E-state index in [2.05, 4.69) is 19.2 Å². The van der Waals surface area contributed by atoms with Gasteiger partial charge in [-0.15, -0.1) is 0 Å². The maximum Gasteiger partial charge on any atom is 0.261 e. The molecule has 3 unspecified atom stereocenters. The van der Waals surface area contributed by atoms with E-state index in [9.17, 15) is 8.78 Å². The second-order valence-electron chi connectivity index (χ2n) is 5.45. The minimum absolute atomic E-state index is 0.426. The summed E-state index contributed by atoms with van der Waals surface area (Å²) in [5.74, 6) is 1.48. The molecule has 0 heterocycles. The van der Waals surface area contributed by atoms with Crippen molar-refractivity contribution in [3.05, 3.63) is 0 Å². The maximum atomic E-state index is 12.0. The SMILES string of the molecule is CCNC(CCOCC(F)F)C1CCCC(C)C1. The van der Waals surface area contributed by atoms with Crippen LogP contribution in [0.2, 0.25) is 0 Å². The number of hydrogen-bond acceptors (Lipinski definition) is 2. The van der Waals surface area contributed by atoms with E-state index in [1.807, 2.05) is 0 Å². The zero-order valence-electron chi connectivity index (χ0n) is 11.6. The molecule has 1 aliphatic rings. The Hall–Kier alpha value is -0.220. The third-order valence-electron chi connectivity index (χ3n) is 3.83. The Morgan fingerprint density at radius 3 is 2.72 bits per heavy atom. The average molecular weight is 263 g/mol. The van der Waals surface area contributed by atoms with Crippen LogP contribution in [0.25, 0.3) is 0 Å². The summed E-state index contributed by atoms with van der Waals surface area (Å²) in [4.78, 5) is 0. The van der Waals surface area contributed by atoms with Gasteiger partial charge in [-0.1, -0.05) is 26.7 Å². The van der Waals surface area contributed by atoms with Crippen LogP contribution >= 0.6 is 0 Å². The van der Waals surface area contributed by atoms with Crippen LogP contribution in [0.15, 0.2) is 0 Å². The van der Waals surface area contributed by atoms with Crippen molar-refractivity contribution in [2.75, 3.05) is 19.8 Å². The van der Waals surface area contributed by atoms with Gasteiger partial charge in [-0.3, -0.25) is 0 Å². The van der Waals surface area contributed by atoms with Crippen molar-refractivity contribution in [2.24, 2.45) is 11.8 Å². The summed E-state index contributed by atoms with van der Waals surface area (Å²) in [5, 5.41) is 3.49. The molecule has 1 aliphatic carbocycles. The van der Waals surface area contributed by atoms with E-state index in [-0.39, 0.29) is 0 Å². The molecule has 0 aromatic carbocycles. The van der Waals surface area contributed by atoms with E-state index in [0.29, 0.717) is 18.6 Å². The first kappa shape index (κ1) is 15.8. The predicted molar refractivity (Wildman–Crippen MR) is 70.0 cm³/mol. The van der Waals surface area contributed by atoms with Crippen LogP contribution in [0.1, 0.15) is 46.0 Å². The second-order valence-corrected chi connectivity index (χ2v) is 5.45. The van der Waals surface area contributed by atoms with Gasteiger partial charge in [0.25, 0.3) is 6.43 Å². The summed E-state index contributed by atoms with van der Waals surface area (Å²) in [6.07, 6.45) is 3.64. The van der Waals surface area contributed by atoms with Crippen molar-refractivity contribution in [3.63, 3.8) is 0 Å². The number of ether oxygens (including phenoxy) is 1. The molecule has 1 N–H and O–H groups in total. The molecule has 1 saturated carbocycles. The van der Waals surface area contributed by atoms with Gasteiger partial charge in [0.15, 0.2) is 0 Å². The van der Waals surface area contributed by atoms with Crippen LogP contribution in [0.4, 0.5) is 8.78 Å². The number of rotatable bonds is 8. The Labute approximate surface area is 109 Å². The molecule has 3 atom stereocenters. The molecule has 1 fully saturated rings. The average Bonchev–Trinajstić information content (AvgIpc) is 2.33. The number of halogens is 2. The van der Waals surface area contributed by atoms with Gasteiger partial charge < -0.3 is 10.1 Å². The van der Waals surface area contributed by atoms with Crippen LogP contribution in [-0.2, 0) is 4.74 Å². The van der Waals surface area contributed by atoms with Gasteiger partial charge in [0.2, 0.25) is 0 Å². The standard InChI is InChI=1S/C14H27F2NO/c1-3-17-13(7-8-18-10-14(15)16)12-6-4-5-11(2)9-12/h11-14,17H,3-10H2,1-2H3. The van der Waals surface area contributed by atoms with Crippen LogP contribution in [-0.4, -0.2) is 32.2 Å². The normalized spacial score (nSPS) is 26.5. The monoisotopic (exact) mass is 263 g/mol. The van der Waals surface area contributed by atoms with E-state index in [4.69, 9.17) is 4.74 Å². The fourth-order valence-corrected chi connectivity index (χ4v) is 3.00. The zero-order chi connectivity index (χ0) is 13.4. The van der Waals surface area contributed by atoms with E-state index in [1.165, 1.54) is 25.7 Å². The zero-order valence-corrected chi connectivity index (χ0v) is 11.6. The topological polar surface area (TPSA) is 21.3 Å². The quantitative estimate of drug-likeness (QED) is 0.677. The summed E-state index contributed by atoms with van der Waals surface area (Å²) in [6, 6.07) is 0.426. The molecule has 0 bridgehead atoms. The lowest BCUT2D eigenvalue weighted by atomic mass is 9.78. The Morgan fingerprint density at radius 1 is 1.33 bits per heavy atom. The number of alkyl halides is 2. The maximum absolute atomic E-state index is 12.0. The fourth-order valence-electron chi connectivity index (χ4n) is 3.00. The second kappa shape index (κ2) is 8.81. The Balaban J connectivity index is 2.29. The molecule has 1 rings (SSSR count). The molecule has 2 nitrogen and oxygen atoms in total. The van der Waals surface area contributed by atoms with E-state index in [1.54, 1.807) is 0 Å². The van der Waals surface area contributed by atoms with Gasteiger partial charge in [0.1, 0.15) is 6.61 Å². The molecule has 0 radical (unpaired) electrons. The van der Waals surface area contributed by atoms with E-state index < -0.39 is 13.0 Å². The molecule has 0 spiro atoms. The van der Waals surface area contributed by atoms with Crippen molar-refractivity contribution in [1.29, 1.82) is 0 Å². The van der Waals surface area contributed by atoms with Crippen LogP contribution in [0.3, 0.4) is 0 Å². The van der Waals surface area contributed by atoms with Gasteiger partial charge in [-0.25, -0.2) is 8.78 Å². The summed E-state index contributed by atoms with van der Waals surface area (Å²) in [6.45, 7) is 5.35. The number of hydrogen-bond donors (Lipinski definition) is 1. The van der Waals surface area contributed by atoms with E-state index >= 15 is 0 Å². The molecule has 0 aromatic heterocycles. The predicted octanol–water partition coefficient (Wildman–Crippen LogP) is 3.46. The molecule has 108 valence electrons. The largest absolute Gasteiger partial charge is 0.375 e. The lowest BCUT2D eigenvalue weighted by Crippen LogP contribution is -2.39. The smallest absolute Gasteiger partial charge is 0.261 e. The summed E-state index contributed by atoms with van der Waals surface area (Å²) >= 11 is 0. The van der Waals surface area contributed by atoms with Crippen LogP contribution in [0.5, 0.6) is 0 Å². The highest BCUT2D eigenvalue weighted by Crippen LogP contribution is 2.31. The first-order valence-corrected chi connectivity index (χ1v) is 7.22. The summed E-state index contributed by atoms with van der Waals surface area (Å²) in [5.41, 5.74) is 0. The lowest BCUT2D eigenvalue weighted by molar-refractivity contribution is 0.0117. The lowest BCUT2D eigenvalue weighted by Gasteiger charge is -2.33. The van der Waals surface area contributed by atoms with Gasteiger partial charge >= 0.3 is 0 Å². The summed E-state index contributed by atoms with van der Waals surface area (Å²) in [7, 11) is 0. The third kappa shape index (κ3) is 6.10. The minimum Gasteiger partial charge on any atom is -0.375 e. The van der Waals surface area contributed by atoms with Crippen molar-refractivity contribution in [2.45, 2.75) is 58.4 Å². The molecule has 18 heavy (non-hydrogen) atoms. The molecular weight excluding hydrogens is 236 g/mol. The Morgan fingerprint density at radius 2 is 2.11 bits per heavy atom. The Bertz CT molecular complexity index is 214. The highest BCUT2D eigenvalue weighted by atomic mass is 19.3. The molecule has 0 aliphatic heterocycles.